The van der Waals surface area contributed by atoms with E-state index in [0.717, 1.165) is 16.9 Å². The van der Waals surface area contributed by atoms with Crippen LogP contribution < -0.4 is 10.6 Å². The molecule has 4 nitrogen and oxygen atoms in total. The lowest BCUT2D eigenvalue weighted by Crippen LogP contribution is -2.37. The first-order valence-corrected chi connectivity index (χ1v) is 8.76. The quantitative estimate of drug-likeness (QED) is 0.765. The molecule has 2 amide bonds. The van der Waals surface area contributed by atoms with Crippen LogP contribution in [0.25, 0.3) is 0 Å². The molecule has 0 bridgehead atoms. The molecular formula is C22H21N3O. The zero-order valence-electron chi connectivity index (χ0n) is 14.5. The van der Waals surface area contributed by atoms with Gasteiger partial charge in [-0.15, -0.1) is 0 Å². The van der Waals surface area contributed by atoms with Gasteiger partial charge in [0.1, 0.15) is 0 Å². The molecule has 4 rings (SSSR count). The van der Waals surface area contributed by atoms with E-state index in [9.17, 15) is 4.79 Å². The maximum Gasteiger partial charge on any atom is 0.329 e. The fourth-order valence-electron chi connectivity index (χ4n) is 3.38. The molecule has 1 aliphatic heterocycles. The summed E-state index contributed by atoms with van der Waals surface area (Å²) in [7, 11) is 0. The second-order valence-electron chi connectivity index (χ2n) is 6.45. The Balaban J connectivity index is 1.66. The van der Waals surface area contributed by atoms with Gasteiger partial charge in [-0.1, -0.05) is 54.6 Å². The molecular weight excluding hydrogens is 322 g/mol. The summed E-state index contributed by atoms with van der Waals surface area (Å²) in [6.45, 7) is 1.74. The van der Waals surface area contributed by atoms with Gasteiger partial charge in [-0.2, -0.15) is 0 Å². The van der Waals surface area contributed by atoms with Crippen LogP contribution >= 0.6 is 0 Å². The molecule has 2 N–H and O–H groups in total. The molecule has 0 aromatic heterocycles. The van der Waals surface area contributed by atoms with E-state index in [1.807, 2.05) is 71.6 Å². The summed E-state index contributed by atoms with van der Waals surface area (Å²) in [6.07, 6.45) is 0. The van der Waals surface area contributed by atoms with Gasteiger partial charge < -0.3 is 10.6 Å². The molecule has 0 radical (unpaired) electrons. The van der Waals surface area contributed by atoms with Gasteiger partial charge in [0, 0.05) is 19.6 Å². The second kappa shape index (κ2) is 7.02. The van der Waals surface area contributed by atoms with Crippen molar-refractivity contribution in [1.82, 2.24) is 4.90 Å². The van der Waals surface area contributed by atoms with Crippen molar-refractivity contribution in [3.8, 4) is 0 Å². The zero-order chi connectivity index (χ0) is 17.9. The van der Waals surface area contributed by atoms with E-state index < -0.39 is 0 Å². The predicted molar refractivity (Wildman–Crippen MR) is 104 cm³/mol. The fourth-order valence-corrected chi connectivity index (χ4v) is 3.38. The van der Waals surface area contributed by atoms with Gasteiger partial charge in [0.05, 0.1) is 11.4 Å². The highest BCUT2D eigenvalue weighted by atomic mass is 16.2. The number of carbonyl (C=O) groups is 1. The minimum atomic E-state index is -0.0205. The Kier molecular flexibility index (Phi) is 4.42. The van der Waals surface area contributed by atoms with Crippen molar-refractivity contribution in [2.24, 2.45) is 5.73 Å². The highest BCUT2D eigenvalue weighted by Crippen LogP contribution is 2.30. The Hall–Kier alpha value is -3.11. The van der Waals surface area contributed by atoms with Crippen molar-refractivity contribution < 1.29 is 4.79 Å². The van der Waals surface area contributed by atoms with Crippen molar-refractivity contribution in [1.29, 1.82) is 0 Å². The largest absolute Gasteiger partial charge is 0.329 e. The predicted octanol–water partition coefficient (Wildman–Crippen LogP) is 4.42. The molecule has 0 saturated carbocycles. The van der Waals surface area contributed by atoms with Gasteiger partial charge in [-0.05, 0) is 41.0 Å². The molecule has 0 aliphatic carbocycles. The van der Waals surface area contributed by atoms with Crippen LogP contribution in [0.1, 0.15) is 16.7 Å². The maximum atomic E-state index is 13.4. The van der Waals surface area contributed by atoms with E-state index >= 15 is 0 Å². The smallest absolute Gasteiger partial charge is 0.326 e. The molecule has 130 valence electrons. The molecule has 3 aromatic carbocycles. The van der Waals surface area contributed by atoms with E-state index in [4.69, 9.17) is 5.73 Å². The van der Waals surface area contributed by atoms with Crippen molar-refractivity contribution in [3.63, 3.8) is 0 Å². The van der Waals surface area contributed by atoms with Crippen LogP contribution in [0.2, 0.25) is 0 Å². The van der Waals surface area contributed by atoms with Gasteiger partial charge in [0.25, 0.3) is 0 Å². The number of urea groups is 1. The number of hydrogen-bond acceptors (Lipinski definition) is 2. The number of hydrogen-bond donors (Lipinski definition) is 1. The monoisotopic (exact) mass is 343 g/mol. The first kappa shape index (κ1) is 16.4. The number of para-hydroxylation sites is 2. The number of rotatable bonds is 3. The molecule has 0 saturated heterocycles. The topological polar surface area (TPSA) is 49.6 Å². The third-order valence-corrected chi connectivity index (χ3v) is 4.72. The van der Waals surface area contributed by atoms with Crippen LogP contribution in [0.15, 0.2) is 78.9 Å². The van der Waals surface area contributed by atoms with Crippen LogP contribution in [0, 0.1) is 0 Å². The Morgan fingerprint density at radius 2 is 1.42 bits per heavy atom. The second-order valence-corrected chi connectivity index (χ2v) is 6.45. The standard InChI is InChI=1S/C22H21N3O/c23-14-17-11-12-18-15-24(16-19(18)13-17)22(26)25(20-7-3-1-4-8-20)21-9-5-2-6-10-21/h1-13H,14-16,23H2. The fraction of sp³-hybridized carbons (Fsp3) is 0.136. The minimum absolute atomic E-state index is 0.0205. The molecule has 0 atom stereocenters. The maximum absolute atomic E-state index is 13.4. The average Bonchev–Trinajstić information content (AvgIpc) is 3.13. The lowest BCUT2D eigenvalue weighted by Gasteiger charge is -2.28. The first-order valence-electron chi connectivity index (χ1n) is 8.76. The van der Waals surface area contributed by atoms with Crippen LogP contribution in [0.3, 0.4) is 0 Å². The summed E-state index contributed by atoms with van der Waals surface area (Å²) in [4.78, 5) is 17.1. The number of anilines is 2. The minimum Gasteiger partial charge on any atom is -0.326 e. The molecule has 1 heterocycles. The average molecular weight is 343 g/mol. The zero-order valence-corrected chi connectivity index (χ0v) is 14.5. The number of amides is 2. The van der Waals surface area contributed by atoms with Crippen molar-refractivity contribution >= 4 is 17.4 Å². The molecule has 0 fully saturated rings. The SMILES string of the molecule is NCc1ccc2c(c1)CN(C(=O)N(c1ccccc1)c1ccccc1)C2. The summed E-state index contributed by atoms with van der Waals surface area (Å²) in [6, 6.07) is 25.8. The Morgan fingerprint density at radius 3 is 2.00 bits per heavy atom. The van der Waals surface area contributed by atoms with Gasteiger partial charge >= 0.3 is 6.03 Å². The summed E-state index contributed by atoms with van der Waals surface area (Å²) in [5.41, 5.74) is 10.9. The summed E-state index contributed by atoms with van der Waals surface area (Å²) < 4.78 is 0. The molecule has 1 aliphatic rings. The molecule has 3 aromatic rings. The number of nitrogens with zero attached hydrogens (tertiary/aromatic N) is 2. The van der Waals surface area contributed by atoms with Gasteiger partial charge in [0.2, 0.25) is 0 Å². The van der Waals surface area contributed by atoms with Gasteiger partial charge in [-0.3, -0.25) is 4.90 Å². The number of carbonyl (C=O) groups excluding carboxylic acids is 1. The lowest BCUT2D eigenvalue weighted by molar-refractivity contribution is 0.208. The molecule has 4 heteroatoms. The summed E-state index contributed by atoms with van der Waals surface area (Å²) >= 11 is 0. The van der Waals surface area contributed by atoms with Crippen LogP contribution in [-0.4, -0.2) is 10.9 Å². The van der Waals surface area contributed by atoms with E-state index in [2.05, 4.69) is 12.1 Å². The molecule has 0 spiro atoms. The van der Waals surface area contributed by atoms with E-state index in [0.29, 0.717) is 19.6 Å². The third-order valence-electron chi connectivity index (χ3n) is 4.72. The summed E-state index contributed by atoms with van der Waals surface area (Å²) in [5, 5.41) is 0. The normalized spacial score (nSPS) is 12.7. The Morgan fingerprint density at radius 1 is 0.846 bits per heavy atom. The van der Waals surface area contributed by atoms with Crippen molar-refractivity contribution in [2.75, 3.05) is 4.90 Å². The highest BCUT2D eigenvalue weighted by Gasteiger charge is 2.29. The van der Waals surface area contributed by atoms with Crippen LogP contribution in [-0.2, 0) is 19.6 Å². The van der Waals surface area contributed by atoms with E-state index in [-0.39, 0.29) is 6.03 Å². The number of benzene rings is 3. The van der Waals surface area contributed by atoms with Gasteiger partial charge in [-0.25, -0.2) is 4.79 Å². The molecule has 26 heavy (non-hydrogen) atoms. The highest BCUT2D eigenvalue weighted by molar-refractivity contribution is 5.99. The third kappa shape index (κ3) is 3.07. The Labute approximate surface area is 153 Å². The Bertz CT molecular complexity index is 870. The van der Waals surface area contributed by atoms with Crippen molar-refractivity contribution in [3.05, 3.63) is 95.6 Å². The van der Waals surface area contributed by atoms with Crippen LogP contribution in [0.5, 0.6) is 0 Å². The lowest BCUT2D eigenvalue weighted by atomic mass is 10.1. The number of nitrogens with two attached hydrogens (primary N) is 1. The first-order chi connectivity index (χ1) is 12.8. The summed E-state index contributed by atoms with van der Waals surface area (Å²) in [5.74, 6) is 0. The van der Waals surface area contributed by atoms with Crippen LogP contribution in [0.4, 0.5) is 16.2 Å². The van der Waals surface area contributed by atoms with E-state index in [1.165, 1.54) is 11.1 Å². The van der Waals surface area contributed by atoms with Crippen molar-refractivity contribution in [2.45, 2.75) is 19.6 Å². The van der Waals surface area contributed by atoms with E-state index in [1.54, 1.807) is 4.90 Å². The number of fused-ring (bicyclic) bond motifs is 1. The van der Waals surface area contributed by atoms with Gasteiger partial charge in [0.15, 0.2) is 0 Å². The molecule has 0 unspecified atom stereocenters.